The van der Waals surface area contributed by atoms with E-state index in [0.29, 0.717) is 81.6 Å². The molecule has 5 amide bonds. The number of aryl methyl sites for hydroxylation is 1. The molecule has 0 spiro atoms. The molecular formula is C40H50FN7O9. The Bertz CT molecular complexity index is 2060. The van der Waals surface area contributed by atoms with E-state index in [2.05, 4.69) is 21.3 Å². The summed E-state index contributed by atoms with van der Waals surface area (Å²) >= 11 is 0. The Balaban J connectivity index is 1.15. The second-order valence-corrected chi connectivity index (χ2v) is 14.3. The standard InChI is InChI=1S/C40H50FN7O9/c1-4-42-37(54)40(14-8-15-40)38(55)45-31(9-6-7-16-43-25(3)49)35(51)44-27-12-10-26(11-13-27)24-57-39(56)48-19-17-47(18-20-48)33-22-32-28(21-30(33)41)34(50)29(36(52)53)23-46(32)5-2/h10-13,21-23,31H,4-9,14-20,24H2,1-3H3,(H,42,54)(H,43,49)(H,44,51)(H,45,55)(H,52,53). The van der Waals surface area contributed by atoms with E-state index in [-0.39, 0.29) is 42.6 Å². The van der Waals surface area contributed by atoms with E-state index >= 15 is 4.39 Å². The van der Waals surface area contributed by atoms with Crippen molar-refractivity contribution in [3.05, 3.63) is 69.8 Å². The fourth-order valence-electron chi connectivity index (χ4n) is 7.06. The summed E-state index contributed by atoms with van der Waals surface area (Å²) in [5.41, 5.74) is -0.635. The van der Waals surface area contributed by atoms with Crippen molar-refractivity contribution in [2.45, 2.75) is 78.5 Å². The molecule has 1 saturated heterocycles. The number of aromatic carboxylic acids is 1. The highest BCUT2D eigenvalue weighted by Gasteiger charge is 2.51. The van der Waals surface area contributed by atoms with Gasteiger partial charge in [0.15, 0.2) is 0 Å². The zero-order valence-corrected chi connectivity index (χ0v) is 32.5. The molecule has 5 N–H and O–H groups in total. The Morgan fingerprint density at radius 2 is 1.65 bits per heavy atom. The lowest BCUT2D eigenvalue weighted by Gasteiger charge is -2.39. The van der Waals surface area contributed by atoms with Crippen LogP contribution in [-0.4, -0.2) is 95.6 Å². The van der Waals surface area contributed by atoms with E-state index in [9.17, 15) is 38.7 Å². The lowest BCUT2D eigenvalue weighted by Crippen LogP contribution is -2.58. The number of nitrogens with zero attached hydrogens (tertiary/aromatic N) is 3. The molecule has 2 heterocycles. The van der Waals surface area contributed by atoms with Crippen molar-refractivity contribution >= 4 is 58.0 Å². The number of unbranched alkanes of at least 4 members (excludes halogenated alkanes) is 1. The number of aromatic nitrogens is 1. The second kappa shape index (κ2) is 18.8. The van der Waals surface area contributed by atoms with Gasteiger partial charge in [-0.1, -0.05) is 18.6 Å². The number of amides is 5. The summed E-state index contributed by atoms with van der Waals surface area (Å²) in [7, 11) is 0. The van der Waals surface area contributed by atoms with E-state index in [0.717, 1.165) is 12.5 Å². The first kappa shape index (κ1) is 42.1. The Morgan fingerprint density at radius 3 is 2.25 bits per heavy atom. The van der Waals surface area contributed by atoms with Gasteiger partial charge < -0.3 is 45.5 Å². The number of carboxylic acids is 1. The number of hydrogen-bond acceptors (Lipinski definition) is 9. The summed E-state index contributed by atoms with van der Waals surface area (Å²) in [6.45, 7) is 7.19. The van der Waals surface area contributed by atoms with Crippen molar-refractivity contribution in [1.29, 1.82) is 0 Å². The van der Waals surface area contributed by atoms with Gasteiger partial charge in [-0.2, -0.15) is 0 Å². The van der Waals surface area contributed by atoms with Crippen LogP contribution in [0.1, 0.15) is 75.2 Å². The molecule has 1 aromatic heterocycles. The van der Waals surface area contributed by atoms with Gasteiger partial charge in [-0.05, 0) is 75.8 Å². The number of benzene rings is 2. The van der Waals surface area contributed by atoms with Crippen LogP contribution in [0.5, 0.6) is 0 Å². The molecule has 0 bridgehead atoms. The summed E-state index contributed by atoms with van der Waals surface area (Å²) in [5, 5.41) is 20.5. The molecule has 57 heavy (non-hydrogen) atoms. The Labute approximate surface area is 329 Å². The van der Waals surface area contributed by atoms with Crippen LogP contribution in [0.25, 0.3) is 10.9 Å². The van der Waals surface area contributed by atoms with Crippen LogP contribution >= 0.6 is 0 Å². The van der Waals surface area contributed by atoms with Crippen molar-refractivity contribution < 1.29 is 43.0 Å². The number of halogens is 1. The minimum atomic E-state index is -1.38. The van der Waals surface area contributed by atoms with E-state index in [1.807, 2.05) is 0 Å². The van der Waals surface area contributed by atoms with Gasteiger partial charge >= 0.3 is 12.1 Å². The third-order valence-electron chi connectivity index (χ3n) is 10.5. The normalized spacial score (nSPS) is 15.2. The molecule has 1 aliphatic carbocycles. The van der Waals surface area contributed by atoms with Gasteiger partial charge in [-0.25, -0.2) is 14.0 Å². The van der Waals surface area contributed by atoms with Crippen LogP contribution in [0.2, 0.25) is 0 Å². The molecule has 306 valence electrons. The SMILES string of the molecule is CCNC(=O)C1(C(=O)NC(CCCCNC(C)=O)C(=O)Nc2ccc(COC(=O)N3CCN(c4cc5c(cc4F)c(=O)c(C(=O)O)cn5CC)CC3)cc2)CCC1. The molecule has 2 fully saturated rings. The highest BCUT2D eigenvalue weighted by molar-refractivity contribution is 6.08. The van der Waals surface area contributed by atoms with Gasteiger partial charge in [0.05, 0.1) is 11.2 Å². The van der Waals surface area contributed by atoms with Crippen molar-refractivity contribution in [2.75, 3.05) is 49.5 Å². The average molecular weight is 792 g/mol. The second-order valence-electron chi connectivity index (χ2n) is 14.3. The van der Waals surface area contributed by atoms with Crippen molar-refractivity contribution in [1.82, 2.24) is 25.4 Å². The Kier molecular flexibility index (Phi) is 13.9. The highest BCUT2D eigenvalue weighted by Crippen LogP contribution is 2.41. The summed E-state index contributed by atoms with van der Waals surface area (Å²) in [6, 6.07) is 8.36. The highest BCUT2D eigenvalue weighted by atomic mass is 19.1. The van der Waals surface area contributed by atoms with Crippen molar-refractivity contribution in [3.8, 4) is 0 Å². The topological polar surface area (TPSA) is 208 Å². The van der Waals surface area contributed by atoms with E-state index in [1.54, 1.807) is 47.6 Å². The number of nitrogens with one attached hydrogen (secondary N) is 4. The number of rotatable bonds is 16. The third kappa shape index (κ3) is 9.88. The van der Waals surface area contributed by atoms with Gasteiger partial charge in [0, 0.05) is 70.0 Å². The molecule has 1 unspecified atom stereocenters. The van der Waals surface area contributed by atoms with E-state index in [1.165, 1.54) is 24.1 Å². The molecule has 1 saturated carbocycles. The number of hydrogen-bond donors (Lipinski definition) is 5. The zero-order valence-electron chi connectivity index (χ0n) is 32.5. The summed E-state index contributed by atoms with van der Waals surface area (Å²) in [5.74, 6) is -3.50. The monoisotopic (exact) mass is 791 g/mol. The van der Waals surface area contributed by atoms with Gasteiger partial charge in [-0.3, -0.25) is 24.0 Å². The first-order valence-electron chi connectivity index (χ1n) is 19.3. The maximum absolute atomic E-state index is 15.3. The fraction of sp³-hybridized carbons (Fsp3) is 0.475. The minimum absolute atomic E-state index is 0.0218. The maximum atomic E-state index is 15.3. The number of carbonyl (C=O) groups is 6. The van der Waals surface area contributed by atoms with Crippen LogP contribution in [0.15, 0.2) is 47.4 Å². The molecule has 2 aromatic carbocycles. The number of carbonyl (C=O) groups excluding carboxylic acids is 5. The number of fused-ring (bicyclic) bond motifs is 1. The number of piperazine rings is 1. The Morgan fingerprint density at radius 1 is 0.947 bits per heavy atom. The first-order chi connectivity index (χ1) is 27.3. The summed E-state index contributed by atoms with van der Waals surface area (Å²) in [4.78, 5) is 91.4. The lowest BCUT2D eigenvalue weighted by molar-refractivity contribution is -0.150. The zero-order chi connectivity index (χ0) is 41.3. The molecule has 1 aliphatic heterocycles. The molecule has 16 nitrogen and oxygen atoms in total. The summed E-state index contributed by atoms with van der Waals surface area (Å²) < 4.78 is 22.4. The molecule has 17 heteroatoms. The van der Waals surface area contributed by atoms with Crippen LogP contribution in [0, 0.1) is 11.2 Å². The Hall–Kier alpha value is -6.00. The van der Waals surface area contributed by atoms with E-state index < -0.39 is 52.1 Å². The summed E-state index contributed by atoms with van der Waals surface area (Å²) in [6.07, 6.45) is 3.65. The quantitative estimate of drug-likeness (QED) is 0.106. The van der Waals surface area contributed by atoms with Crippen LogP contribution in [0.4, 0.5) is 20.6 Å². The van der Waals surface area contributed by atoms with E-state index in [4.69, 9.17) is 4.74 Å². The maximum Gasteiger partial charge on any atom is 0.410 e. The van der Waals surface area contributed by atoms with Gasteiger partial charge in [0.1, 0.15) is 29.4 Å². The third-order valence-corrected chi connectivity index (χ3v) is 10.5. The molecule has 1 atom stereocenters. The molecule has 0 radical (unpaired) electrons. The van der Waals surface area contributed by atoms with Crippen molar-refractivity contribution in [3.63, 3.8) is 0 Å². The number of pyridine rings is 1. The van der Waals surface area contributed by atoms with Crippen LogP contribution < -0.4 is 31.6 Å². The predicted molar refractivity (Wildman–Crippen MR) is 209 cm³/mol. The largest absolute Gasteiger partial charge is 0.477 e. The number of carboxylic acid groups (broad SMARTS) is 1. The van der Waals surface area contributed by atoms with Gasteiger partial charge in [0.2, 0.25) is 29.1 Å². The fourth-order valence-corrected chi connectivity index (χ4v) is 7.06. The van der Waals surface area contributed by atoms with Crippen LogP contribution in [-0.2, 0) is 37.1 Å². The van der Waals surface area contributed by atoms with Gasteiger partial charge in [-0.15, -0.1) is 0 Å². The number of anilines is 2. The molecular weight excluding hydrogens is 741 g/mol. The number of ether oxygens (including phenoxy) is 1. The molecule has 3 aromatic rings. The first-order valence-corrected chi connectivity index (χ1v) is 19.3. The minimum Gasteiger partial charge on any atom is -0.477 e. The molecule has 2 aliphatic rings. The average Bonchev–Trinajstić information content (AvgIpc) is 3.16. The predicted octanol–water partition coefficient (Wildman–Crippen LogP) is 3.35. The molecule has 5 rings (SSSR count). The van der Waals surface area contributed by atoms with Crippen molar-refractivity contribution in [2.24, 2.45) is 5.41 Å². The lowest BCUT2D eigenvalue weighted by atomic mass is 9.67. The van der Waals surface area contributed by atoms with Gasteiger partial charge in [0.25, 0.3) is 0 Å². The smallest absolute Gasteiger partial charge is 0.410 e. The van der Waals surface area contributed by atoms with Crippen LogP contribution in [0.3, 0.4) is 0 Å².